The molecule has 0 unspecified atom stereocenters. The number of carbonyl (C=O) groups excluding carboxylic acids is 1. The van der Waals surface area contributed by atoms with E-state index >= 15 is 0 Å². The number of hydrogen-bond acceptors (Lipinski definition) is 2. The van der Waals surface area contributed by atoms with Gasteiger partial charge in [-0.05, 0) is 19.3 Å². The molecule has 3 heteroatoms. The summed E-state index contributed by atoms with van der Waals surface area (Å²) in [4.78, 5) is 11.5. The van der Waals surface area contributed by atoms with Crippen LogP contribution in [0.5, 0.6) is 0 Å². The number of amides is 1. The lowest BCUT2D eigenvalue weighted by atomic mass is 10.1. The van der Waals surface area contributed by atoms with Crippen molar-refractivity contribution >= 4 is 5.91 Å². The summed E-state index contributed by atoms with van der Waals surface area (Å²) in [6, 6.07) is 0. The van der Waals surface area contributed by atoms with Gasteiger partial charge in [0, 0.05) is 6.42 Å². The number of hydrogen-bond donors (Lipinski definition) is 2. The van der Waals surface area contributed by atoms with Crippen molar-refractivity contribution in [3.63, 3.8) is 0 Å². The molecule has 0 heterocycles. The fourth-order valence-electron chi connectivity index (χ4n) is 1.72. The van der Waals surface area contributed by atoms with Crippen molar-refractivity contribution in [1.82, 2.24) is 5.32 Å². The molecule has 1 fully saturated rings. The van der Waals surface area contributed by atoms with Crippen LogP contribution >= 0.6 is 0 Å². The highest BCUT2D eigenvalue weighted by atomic mass is 16.3. The molecule has 0 bridgehead atoms. The Kier molecular flexibility index (Phi) is 5.09. The van der Waals surface area contributed by atoms with Crippen LogP contribution in [0.15, 0.2) is 0 Å². The fraction of sp³-hybridized carbons (Fsp3) is 0.917. The van der Waals surface area contributed by atoms with Gasteiger partial charge in [0.1, 0.15) is 0 Å². The van der Waals surface area contributed by atoms with Gasteiger partial charge in [0.25, 0.3) is 0 Å². The van der Waals surface area contributed by atoms with E-state index in [4.69, 9.17) is 5.11 Å². The molecule has 0 aromatic heterocycles. The molecule has 0 atom stereocenters. The van der Waals surface area contributed by atoms with Crippen molar-refractivity contribution in [2.75, 3.05) is 6.61 Å². The number of unbranched alkanes of at least 4 members (excludes halogenated alkanes) is 4. The third-order valence-corrected chi connectivity index (χ3v) is 3.07. The van der Waals surface area contributed by atoms with Crippen LogP contribution in [-0.2, 0) is 4.79 Å². The first-order chi connectivity index (χ1) is 7.22. The van der Waals surface area contributed by atoms with Gasteiger partial charge in [-0.15, -0.1) is 0 Å². The van der Waals surface area contributed by atoms with Crippen LogP contribution in [0.1, 0.15) is 58.3 Å². The molecule has 0 saturated heterocycles. The van der Waals surface area contributed by atoms with Gasteiger partial charge in [-0.3, -0.25) is 4.79 Å². The molecule has 1 aliphatic rings. The quantitative estimate of drug-likeness (QED) is 0.606. The highest BCUT2D eigenvalue weighted by Gasteiger charge is 2.43. The van der Waals surface area contributed by atoms with Crippen LogP contribution in [0.4, 0.5) is 0 Å². The summed E-state index contributed by atoms with van der Waals surface area (Å²) in [5, 5.41) is 12.0. The maximum absolute atomic E-state index is 11.5. The van der Waals surface area contributed by atoms with Crippen LogP contribution in [0, 0.1) is 0 Å². The minimum absolute atomic E-state index is 0.0918. The van der Waals surface area contributed by atoms with Crippen LogP contribution in [0.2, 0.25) is 0 Å². The molecule has 0 spiro atoms. The molecule has 15 heavy (non-hydrogen) atoms. The SMILES string of the molecule is CCCCCCCC(=O)NC1(CO)CC1. The lowest BCUT2D eigenvalue weighted by Gasteiger charge is -2.13. The van der Waals surface area contributed by atoms with Gasteiger partial charge in [-0.2, -0.15) is 0 Å². The second-order valence-electron chi connectivity index (χ2n) is 4.65. The molecular formula is C12H23NO2. The smallest absolute Gasteiger partial charge is 0.220 e. The summed E-state index contributed by atoms with van der Waals surface area (Å²) in [5.74, 6) is 0.109. The van der Waals surface area contributed by atoms with Gasteiger partial charge >= 0.3 is 0 Å². The fourth-order valence-corrected chi connectivity index (χ4v) is 1.72. The average molecular weight is 213 g/mol. The topological polar surface area (TPSA) is 49.3 Å². The number of carbonyl (C=O) groups is 1. The summed E-state index contributed by atoms with van der Waals surface area (Å²) in [6.07, 6.45) is 8.35. The van der Waals surface area contributed by atoms with Gasteiger partial charge in [-0.1, -0.05) is 32.6 Å². The molecular weight excluding hydrogens is 190 g/mol. The van der Waals surface area contributed by atoms with Gasteiger partial charge in [0.2, 0.25) is 5.91 Å². The van der Waals surface area contributed by atoms with Crippen molar-refractivity contribution in [2.45, 2.75) is 63.8 Å². The Morgan fingerprint density at radius 3 is 2.47 bits per heavy atom. The Morgan fingerprint density at radius 1 is 1.27 bits per heavy atom. The molecule has 2 N–H and O–H groups in total. The molecule has 0 aromatic carbocycles. The predicted octanol–water partition coefficient (Wildman–Crippen LogP) is 1.99. The van der Waals surface area contributed by atoms with E-state index in [1.165, 1.54) is 19.3 Å². The van der Waals surface area contributed by atoms with Crippen molar-refractivity contribution < 1.29 is 9.90 Å². The van der Waals surface area contributed by atoms with Crippen LogP contribution in [0.25, 0.3) is 0 Å². The molecule has 1 rings (SSSR count). The molecule has 0 aliphatic heterocycles. The largest absolute Gasteiger partial charge is 0.394 e. The number of rotatable bonds is 8. The first kappa shape index (κ1) is 12.5. The maximum Gasteiger partial charge on any atom is 0.220 e. The Labute approximate surface area is 92.3 Å². The van der Waals surface area contributed by atoms with E-state index in [0.717, 1.165) is 25.7 Å². The van der Waals surface area contributed by atoms with Gasteiger partial charge in [-0.25, -0.2) is 0 Å². The summed E-state index contributed by atoms with van der Waals surface area (Å²) in [5.41, 5.74) is -0.236. The third kappa shape index (κ3) is 4.65. The standard InChI is InChI=1S/C12H23NO2/c1-2-3-4-5-6-7-11(15)13-12(10-14)8-9-12/h14H,2-10H2,1H3,(H,13,15). The zero-order valence-corrected chi connectivity index (χ0v) is 9.72. The number of aliphatic hydroxyl groups excluding tert-OH is 1. The molecule has 88 valence electrons. The Morgan fingerprint density at radius 2 is 1.93 bits per heavy atom. The number of aliphatic hydroxyl groups is 1. The van der Waals surface area contributed by atoms with Crippen LogP contribution in [-0.4, -0.2) is 23.2 Å². The van der Waals surface area contributed by atoms with E-state index < -0.39 is 0 Å². The van der Waals surface area contributed by atoms with Gasteiger partial charge in [0.05, 0.1) is 12.1 Å². The summed E-state index contributed by atoms with van der Waals surface area (Å²) < 4.78 is 0. The van der Waals surface area contributed by atoms with Gasteiger partial charge in [0.15, 0.2) is 0 Å². The summed E-state index contributed by atoms with van der Waals surface area (Å²) in [7, 11) is 0. The molecule has 1 aliphatic carbocycles. The third-order valence-electron chi connectivity index (χ3n) is 3.07. The highest BCUT2D eigenvalue weighted by Crippen LogP contribution is 2.34. The maximum atomic E-state index is 11.5. The lowest BCUT2D eigenvalue weighted by Crippen LogP contribution is -2.39. The van der Waals surface area contributed by atoms with E-state index in [0.29, 0.717) is 6.42 Å². The van der Waals surface area contributed by atoms with Crippen molar-refractivity contribution in [1.29, 1.82) is 0 Å². The molecule has 3 nitrogen and oxygen atoms in total. The second-order valence-corrected chi connectivity index (χ2v) is 4.65. The van der Waals surface area contributed by atoms with Crippen molar-refractivity contribution in [3.8, 4) is 0 Å². The Hall–Kier alpha value is -0.570. The average Bonchev–Trinajstić information content (AvgIpc) is 2.98. The zero-order valence-electron chi connectivity index (χ0n) is 9.72. The zero-order chi connectivity index (χ0) is 11.1. The number of nitrogens with one attached hydrogen (secondary N) is 1. The molecule has 0 radical (unpaired) electrons. The lowest BCUT2D eigenvalue weighted by molar-refractivity contribution is -0.122. The highest BCUT2D eigenvalue weighted by molar-refractivity contribution is 5.77. The summed E-state index contributed by atoms with van der Waals surface area (Å²) >= 11 is 0. The van der Waals surface area contributed by atoms with Crippen LogP contribution < -0.4 is 5.32 Å². The minimum Gasteiger partial charge on any atom is -0.394 e. The van der Waals surface area contributed by atoms with E-state index in [1.807, 2.05) is 0 Å². The molecule has 1 saturated carbocycles. The minimum atomic E-state index is -0.236. The second kappa shape index (κ2) is 6.11. The van der Waals surface area contributed by atoms with E-state index in [2.05, 4.69) is 12.2 Å². The van der Waals surface area contributed by atoms with E-state index in [9.17, 15) is 4.79 Å². The molecule has 1 amide bonds. The van der Waals surface area contributed by atoms with Crippen molar-refractivity contribution in [2.24, 2.45) is 0 Å². The normalized spacial score (nSPS) is 17.5. The summed E-state index contributed by atoms with van der Waals surface area (Å²) in [6.45, 7) is 2.28. The van der Waals surface area contributed by atoms with Crippen molar-refractivity contribution in [3.05, 3.63) is 0 Å². The monoisotopic (exact) mass is 213 g/mol. The first-order valence-corrected chi connectivity index (χ1v) is 6.14. The Balaban J connectivity index is 1.99. The predicted molar refractivity (Wildman–Crippen MR) is 60.6 cm³/mol. The van der Waals surface area contributed by atoms with Gasteiger partial charge < -0.3 is 10.4 Å². The van der Waals surface area contributed by atoms with E-state index in [-0.39, 0.29) is 18.1 Å². The Bertz CT molecular complexity index is 200. The van der Waals surface area contributed by atoms with E-state index in [1.54, 1.807) is 0 Å². The van der Waals surface area contributed by atoms with Crippen LogP contribution in [0.3, 0.4) is 0 Å². The molecule has 0 aromatic rings. The first-order valence-electron chi connectivity index (χ1n) is 6.14.